The second-order valence-corrected chi connectivity index (χ2v) is 4.37. The van der Waals surface area contributed by atoms with Gasteiger partial charge in [-0.25, -0.2) is 0 Å². The van der Waals surface area contributed by atoms with Crippen molar-refractivity contribution in [3.05, 3.63) is 30.1 Å². The van der Waals surface area contributed by atoms with E-state index in [0.29, 0.717) is 0 Å². The van der Waals surface area contributed by atoms with E-state index in [1.807, 2.05) is 13.0 Å². The molecule has 0 spiro atoms. The van der Waals surface area contributed by atoms with Crippen LogP contribution in [0.3, 0.4) is 0 Å². The Labute approximate surface area is 105 Å². The van der Waals surface area contributed by atoms with E-state index in [1.54, 1.807) is 7.11 Å². The van der Waals surface area contributed by atoms with Crippen LogP contribution in [0.2, 0.25) is 0 Å². The number of aryl methyl sites for hydroxylation is 2. The van der Waals surface area contributed by atoms with Crippen LogP contribution >= 0.6 is 0 Å². The molecule has 18 heavy (non-hydrogen) atoms. The monoisotopic (exact) mass is 244 g/mol. The summed E-state index contributed by atoms with van der Waals surface area (Å²) in [5.74, 6) is 1.83. The van der Waals surface area contributed by atoms with Crippen molar-refractivity contribution in [2.45, 2.75) is 19.9 Å². The number of fused-ring (bicyclic) bond motifs is 3. The molecule has 0 atom stereocenters. The first-order chi connectivity index (χ1) is 8.83. The van der Waals surface area contributed by atoms with Crippen LogP contribution < -0.4 is 0 Å². The molecule has 5 nitrogen and oxygen atoms in total. The molecule has 94 valence electrons. The van der Waals surface area contributed by atoms with E-state index in [1.165, 1.54) is 5.52 Å². The van der Waals surface area contributed by atoms with Crippen molar-refractivity contribution in [2.75, 3.05) is 13.7 Å². The van der Waals surface area contributed by atoms with E-state index in [2.05, 4.69) is 37.4 Å². The van der Waals surface area contributed by atoms with Gasteiger partial charge in [0, 0.05) is 20.3 Å². The Balaban J connectivity index is 2.19. The van der Waals surface area contributed by atoms with Gasteiger partial charge in [0.1, 0.15) is 5.82 Å². The van der Waals surface area contributed by atoms with Gasteiger partial charge in [-0.05, 0) is 25.5 Å². The van der Waals surface area contributed by atoms with Crippen LogP contribution in [0.5, 0.6) is 0 Å². The molecule has 3 aromatic rings. The van der Waals surface area contributed by atoms with E-state index in [-0.39, 0.29) is 0 Å². The molecule has 0 aliphatic rings. The summed E-state index contributed by atoms with van der Waals surface area (Å²) in [6.07, 6.45) is 0.969. The molecule has 5 heteroatoms. The van der Waals surface area contributed by atoms with Crippen molar-refractivity contribution < 1.29 is 4.74 Å². The van der Waals surface area contributed by atoms with Crippen molar-refractivity contribution in [1.82, 2.24) is 19.2 Å². The number of benzene rings is 1. The average Bonchev–Trinajstić information content (AvgIpc) is 2.90. The molecule has 0 saturated heterocycles. The van der Waals surface area contributed by atoms with Gasteiger partial charge in [0.15, 0.2) is 0 Å². The first-order valence-electron chi connectivity index (χ1n) is 6.11. The number of rotatable bonds is 4. The van der Waals surface area contributed by atoms with Crippen LogP contribution in [0.15, 0.2) is 24.3 Å². The first-order valence-corrected chi connectivity index (χ1v) is 6.11. The Hall–Kier alpha value is -1.88. The minimum atomic E-state index is 0.756. The fraction of sp³-hybridized carbons (Fsp3) is 0.385. The van der Waals surface area contributed by atoms with Gasteiger partial charge in [-0.2, -0.15) is 0 Å². The summed E-state index contributed by atoms with van der Waals surface area (Å²) >= 11 is 0. The maximum Gasteiger partial charge on any atom is 0.236 e. The zero-order valence-corrected chi connectivity index (χ0v) is 10.6. The van der Waals surface area contributed by atoms with Gasteiger partial charge in [-0.1, -0.05) is 12.1 Å². The van der Waals surface area contributed by atoms with Crippen LogP contribution in [-0.4, -0.2) is 32.9 Å². The second-order valence-electron chi connectivity index (χ2n) is 4.37. The van der Waals surface area contributed by atoms with Gasteiger partial charge < -0.3 is 9.30 Å². The lowest BCUT2D eigenvalue weighted by Gasteiger charge is -2.03. The highest BCUT2D eigenvalue weighted by molar-refractivity contribution is 5.80. The topological polar surface area (TPSA) is 44.4 Å². The Morgan fingerprint density at radius 2 is 1.94 bits per heavy atom. The quantitative estimate of drug-likeness (QED) is 0.660. The molecule has 0 amide bonds. The molecule has 0 radical (unpaired) electrons. The summed E-state index contributed by atoms with van der Waals surface area (Å²) in [6, 6.07) is 8.32. The second kappa shape index (κ2) is 4.42. The highest BCUT2D eigenvalue weighted by atomic mass is 16.5. The van der Waals surface area contributed by atoms with Gasteiger partial charge >= 0.3 is 0 Å². The molecule has 2 heterocycles. The summed E-state index contributed by atoms with van der Waals surface area (Å²) in [7, 11) is 1.73. The fourth-order valence-corrected chi connectivity index (χ4v) is 2.38. The van der Waals surface area contributed by atoms with Crippen molar-refractivity contribution in [3.8, 4) is 0 Å². The largest absolute Gasteiger partial charge is 0.385 e. The Morgan fingerprint density at radius 1 is 1.17 bits per heavy atom. The van der Waals surface area contributed by atoms with Gasteiger partial charge in [0.05, 0.1) is 11.0 Å². The molecule has 3 rings (SSSR count). The minimum Gasteiger partial charge on any atom is -0.385 e. The number of para-hydroxylation sites is 2. The van der Waals surface area contributed by atoms with Gasteiger partial charge in [0.2, 0.25) is 5.78 Å². The van der Waals surface area contributed by atoms with Crippen molar-refractivity contribution in [3.63, 3.8) is 0 Å². The van der Waals surface area contributed by atoms with Gasteiger partial charge in [-0.3, -0.25) is 4.40 Å². The summed E-state index contributed by atoms with van der Waals surface area (Å²) in [4.78, 5) is 0. The molecular weight excluding hydrogens is 228 g/mol. The Kier molecular flexibility index (Phi) is 2.76. The van der Waals surface area contributed by atoms with Gasteiger partial charge in [0.25, 0.3) is 0 Å². The van der Waals surface area contributed by atoms with Crippen LogP contribution in [0.1, 0.15) is 12.2 Å². The average molecular weight is 244 g/mol. The number of aromatic nitrogens is 4. The Morgan fingerprint density at radius 3 is 2.72 bits per heavy atom. The number of methoxy groups -OCH3 is 1. The lowest BCUT2D eigenvalue weighted by molar-refractivity contribution is 0.191. The molecule has 1 aromatic carbocycles. The molecule has 0 aliphatic carbocycles. The predicted octanol–water partition coefficient (Wildman–Crippen LogP) is 2.03. The maximum absolute atomic E-state index is 5.11. The highest BCUT2D eigenvalue weighted by Gasteiger charge is 2.13. The molecule has 0 bridgehead atoms. The maximum atomic E-state index is 5.11. The van der Waals surface area contributed by atoms with E-state index in [4.69, 9.17) is 4.74 Å². The van der Waals surface area contributed by atoms with Crippen molar-refractivity contribution in [2.24, 2.45) is 0 Å². The number of hydrogen-bond acceptors (Lipinski definition) is 3. The van der Waals surface area contributed by atoms with Gasteiger partial charge in [-0.15, -0.1) is 10.2 Å². The van der Waals surface area contributed by atoms with E-state index in [9.17, 15) is 0 Å². The molecule has 2 aromatic heterocycles. The standard InChI is InChI=1S/C13H16N4O/c1-10-14-15-13-16(8-5-9-18-2)11-6-3-4-7-12(11)17(10)13/h3-4,6-7H,5,8-9H2,1-2H3. The van der Waals surface area contributed by atoms with E-state index in [0.717, 1.165) is 36.7 Å². The van der Waals surface area contributed by atoms with Crippen LogP contribution in [0.25, 0.3) is 16.8 Å². The third-order valence-electron chi connectivity index (χ3n) is 3.19. The summed E-state index contributed by atoms with van der Waals surface area (Å²) in [5, 5.41) is 8.42. The fourth-order valence-electron chi connectivity index (χ4n) is 2.38. The lowest BCUT2D eigenvalue weighted by Crippen LogP contribution is -2.02. The molecule has 0 aliphatic heterocycles. The zero-order valence-electron chi connectivity index (χ0n) is 10.6. The van der Waals surface area contributed by atoms with E-state index >= 15 is 0 Å². The lowest BCUT2D eigenvalue weighted by atomic mass is 10.3. The van der Waals surface area contributed by atoms with Crippen LogP contribution in [-0.2, 0) is 11.3 Å². The molecule has 0 N–H and O–H groups in total. The number of imidazole rings is 1. The molecule has 0 fully saturated rings. The van der Waals surface area contributed by atoms with Crippen LogP contribution in [0, 0.1) is 6.92 Å². The number of ether oxygens (including phenoxy) is 1. The predicted molar refractivity (Wildman–Crippen MR) is 69.7 cm³/mol. The smallest absolute Gasteiger partial charge is 0.236 e. The van der Waals surface area contributed by atoms with Crippen molar-refractivity contribution >= 4 is 16.8 Å². The summed E-state index contributed by atoms with van der Waals surface area (Å²) in [6.45, 7) is 3.63. The zero-order chi connectivity index (χ0) is 12.5. The van der Waals surface area contributed by atoms with Crippen molar-refractivity contribution in [1.29, 1.82) is 0 Å². The molecule has 0 saturated carbocycles. The third-order valence-corrected chi connectivity index (χ3v) is 3.19. The first kappa shape index (κ1) is 11.2. The number of hydrogen-bond donors (Lipinski definition) is 0. The van der Waals surface area contributed by atoms with E-state index < -0.39 is 0 Å². The number of nitrogens with zero attached hydrogens (tertiary/aromatic N) is 4. The van der Waals surface area contributed by atoms with Crippen LogP contribution in [0.4, 0.5) is 0 Å². The normalized spacial score (nSPS) is 11.7. The summed E-state index contributed by atoms with van der Waals surface area (Å²) < 4.78 is 9.42. The Bertz CT molecular complexity index is 683. The summed E-state index contributed by atoms with van der Waals surface area (Å²) in [5.41, 5.74) is 2.36. The third kappa shape index (κ3) is 1.59. The highest BCUT2D eigenvalue weighted by Crippen LogP contribution is 2.21. The molecule has 0 unspecified atom stereocenters. The minimum absolute atomic E-state index is 0.756. The SMILES string of the molecule is COCCCn1c2ccccc2n2c(C)nnc12. The molecular formula is C13H16N4O.